The second kappa shape index (κ2) is 3.19. The molecule has 1 aromatic rings. The zero-order chi connectivity index (χ0) is 11.2. The smallest absolute Gasteiger partial charge is 0.139 e. The molecule has 1 aromatic carbocycles. The Labute approximate surface area is 88.3 Å². The van der Waals surface area contributed by atoms with Gasteiger partial charge in [-0.2, -0.15) is 0 Å². The standard InChI is InChI=1S/C12H15F2N/c1-7(2)9-5-8(15)6-10(11(9)13)12(14)3-4-12/h5-7H,3-4,15H2,1-2H3. The number of hydrogen-bond donors (Lipinski definition) is 1. The van der Waals surface area contributed by atoms with Crippen molar-refractivity contribution in [3.8, 4) is 0 Å². The topological polar surface area (TPSA) is 26.0 Å². The van der Waals surface area contributed by atoms with Gasteiger partial charge in [-0.3, -0.25) is 0 Å². The lowest BCUT2D eigenvalue weighted by Gasteiger charge is -2.14. The summed E-state index contributed by atoms with van der Waals surface area (Å²) >= 11 is 0. The molecule has 1 nitrogen and oxygen atoms in total. The Kier molecular flexibility index (Phi) is 2.21. The summed E-state index contributed by atoms with van der Waals surface area (Å²) < 4.78 is 27.8. The van der Waals surface area contributed by atoms with E-state index in [1.54, 1.807) is 6.07 Å². The van der Waals surface area contributed by atoms with Gasteiger partial charge in [0.1, 0.15) is 11.5 Å². The van der Waals surface area contributed by atoms with E-state index in [-0.39, 0.29) is 11.5 Å². The van der Waals surface area contributed by atoms with Crippen molar-refractivity contribution in [1.29, 1.82) is 0 Å². The molecule has 1 saturated carbocycles. The van der Waals surface area contributed by atoms with Gasteiger partial charge in [-0.1, -0.05) is 13.8 Å². The Morgan fingerprint density at radius 3 is 2.40 bits per heavy atom. The minimum atomic E-state index is -1.46. The maximum atomic E-state index is 13.9. The lowest BCUT2D eigenvalue weighted by molar-refractivity contribution is 0.306. The molecule has 0 aliphatic heterocycles. The third kappa shape index (κ3) is 1.71. The molecule has 0 spiro atoms. The maximum absolute atomic E-state index is 13.9. The van der Waals surface area contributed by atoms with Gasteiger partial charge >= 0.3 is 0 Å². The lowest BCUT2D eigenvalue weighted by Crippen LogP contribution is -2.07. The number of benzene rings is 1. The summed E-state index contributed by atoms with van der Waals surface area (Å²) in [4.78, 5) is 0. The SMILES string of the molecule is CC(C)c1cc(N)cc(C2(F)CC2)c1F. The Balaban J connectivity index is 2.55. The average Bonchev–Trinajstić information content (AvgIpc) is 2.88. The van der Waals surface area contributed by atoms with Crippen LogP contribution in [0.25, 0.3) is 0 Å². The second-order valence-corrected chi connectivity index (χ2v) is 4.59. The van der Waals surface area contributed by atoms with Gasteiger partial charge in [0, 0.05) is 11.3 Å². The molecule has 0 atom stereocenters. The van der Waals surface area contributed by atoms with Gasteiger partial charge in [-0.15, -0.1) is 0 Å². The molecular formula is C12H15F2N. The molecule has 1 fully saturated rings. The van der Waals surface area contributed by atoms with Crippen molar-refractivity contribution in [3.05, 3.63) is 29.1 Å². The van der Waals surface area contributed by atoms with Gasteiger partial charge < -0.3 is 5.73 Å². The minimum absolute atomic E-state index is 0.0228. The molecule has 0 saturated heterocycles. The number of rotatable bonds is 2. The number of alkyl halides is 1. The Morgan fingerprint density at radius 2 is 1.93 bits per heavy atom. The van der Waals surface area contributed by atoms with Gasteiger partial charge in [-0.25, -0.2) is 8.78 Å². The third-order valence-electron chi connectivity index (χ3n) is 2.92. The fourth-order valence-corrected chi connectivity index (χ4v) is 1.80. The van der Waals surface area contributed by atoms with E-state index in [9.17, 15) is 8.78 Å². The summed E-state index contributed by atoms with van der Waals surface area (Å²) in [5, 5.41) is 0. The summed E-state index contributed by atoms with van der Waals surface area (Å²) in [7, 11) is 0. The van der Waals surface area contributed by atoms with Crippen molar-refractivity contribution in [1.82, 2.24) is 0 Å². The van der Waals surface area contributed by atoms with Gasteiger partial charge in [0.25, 0.3) is 0 Å². The van der Waals surface area contributed by atoms with E-state index in [1.165, 1.54) is 6.07 Å². The molecule has 15 heavy (non-hydrogen) atoms. The summed E-state index contributed by atoms with van der Waals surface area (Å²) in [5.41, 5.74) is 5.30. The number of hydrogen-bond acceptors (Lipinski definition) is 1. The normalized spacial score (nSPS) is 18.2. The third-order valence-corrected chi connectivity index (χ3v) is 2.92. The molecule has 1 aliphatic rings. The van der Waals surface area contributed by atoms with Crippen molar-refractivity contribution in [2.24, 2.45) is 0 Å². The highest BCUT2D eigenvalue weighted by atomic mass is 19.2. The van der Waals surface area contributed by atoms with Crippen molar-refractivity contribution in [2.45, 2.75) is 38.3 Å². The van der Waals surface area contributed by atoms with E-state index in [1.807, 2.05) is 13.8 Å². The van der Waals surface area contributed by atoms with Crippen LogP contribution in [0, 0.1) is 5.82 Å². The minimum Gasteiger partial charge on any atom is -0.399 e. The Morgan fingerprint density at radius 1 is 1.33 bits per heavy atom. The predicted octanol–water partition coefficient (Wildman–Crippen LogP) is 3.49. The monoisotopic (exact) mass is 211 g/mol. The van der Waals surface area contributed by atoms with E-state index in [0.717, 1.165) is 0 Å². The van der Waals surface area contributed by atoms with Crippen LogP contribution in [0.5, 0.6) is 0 Å². The molecule has 0 unspecified atom stereocenters. The lowest BCUT2D eigenvalue weighted by atomic mass is 9.96. The molecule has 2 rings (SSSR count). The van der Waals surface area contributed by atoms with Crippen LogP contribution in [-0.2, 0) is 5.67 Å². The Bertz CT molecular complexity index is 395. The predicted molar refractivity (Wildman–Crippen MR) is 56.9 cm³/mol. The molecule has 1 aliphatic carbocycles. The Hall–Kier alpha value is -1.12. The van der Waals surface area contributed by atoms with Crippen molar-refractivity contribution >= 4 is 5.69 Å². The first-order chi connectivity index (χ1) is 6.94. The number of anilines is 1. The highest BCUT2D eigenvalue weighted by Gasteiger charge is 2.47. The van der Waals surface area contributed by atoms with Crippen LogP contribution in [-0.4, -0.2) is 0 Å². The maximum Gasteiger partial charge on any atom is 0.139 e. The highest BCUT2D eigenvalue weighted by molar-refractivity contribution is 5.49. The van der Waals surface area contributed by atoms with Crippen LogP contribution in [0.4, 0.5) is 14.5 Å². The van der Waals surface area contributed by atoms with Crippen LogP contribution in [0.1, 0.15) is 43.7 Å². The summed E-state index contributed by atoms with van der Waals surface area (Å²) in [6.07, 6.45) is 0.815. The van der Waals surface area contributed by atoms with Crippen LogP contribution >= 0.6 is 0 Å². The van der Waals surface area contributed by atoms with Gasteiger partial charge in [0.2, 0.25) is 0 Å². The molecule has 82 valence electrons. The highest BCUT2D eigenvalue weighted by Crippen LogP contribution is 2.51. The molecule has 3 heteroatoms. The number of nitrogens with two attached hydrogens (primary N) is 1. The second-order valence-electron chi connectivity index (χ2n) is 4.59. The van der Waals surface area contributed by atoms with E-state index < -0.39 is 11.5 Å². The summed E-state index contributed by atoms with van der Waals surface area (Å²) in [6, 6.07) is 3.02. The van der Waals surface area contributed by atoms with Crippen molar-refractivity contribution < 1.29 is 8.78 Å². The molecule has 2 N–H and O–H groups in total. The first kappa shape index (κ1) is 10.4. The van der Waals surface area contributed by atoms with Crippen LogP contribution < -0.4 is 5.73 Å². The molecule has 0 bridgehead atoms. The van der Waals surface area contributed by atoms with Gasteiger partial charge in [-0.05, 0) is 36.5 Å². The first-order valence-corrected chi connectivity index (χ1v) is 5.22. The molecular weight excluding hydrogens is 196 g/mol. The molecule has 0 heterocycles. The number of halogens is 2. The fraction of sp³-hybridized carbons (Fsp3) is 0.500. The zero-order valence-corrected chi connectivity index (χ0v) is 8.98. The van der Waals surface area contributed by atoms with E-state index in [2.05, 4.69) is 0 Å². The van der Waals surface area contributed by atoms with Gasteiger partial charge in [0.15, 0.2) is 0 Å². The number of nitrogen functional groups attached to an aromatic ring is 1. The average molecular weight is 211 g/mol. The molecule has 0 radical (unpaired) electrons. The van der Waals surface area contributed by atoms with Crippen molar-refractivity contribution in [2.75, 3.05) is 5.73 Å². The van der Waals surface area contributed by atoms with E-state index >= 15 is 0 Å². The molecule has 0 amide bonds. The van der Waals surface area contributed by atoms with Crippen LogP contribution in [0.15, 0.2) is 12.1 Å². The van der Waals surface area contributed by atoms with Crippen LogP contribution in [0.3, 0.4) is 0 Å². The summed E-state index contributed by atoms with van der Waals surface area (Å²) in [6.45, 7) is 3.75. The largest absolute Gasteiger partial charge is 0.399 e. The zero-order valence-electron chi connectivity index (χ0n) is 8.98. The van der Waals surface area contributed by atoms with Crippen LogP contribution in [0.2, 0.25) is 0 Å². The first-order valence-electron chi connectivity index (χ1n) is 5.22. The quantitative estimate of drug-likeness (QED) is 0.744. The van der Waals surface area contributed by atoms with Crippen molar-refractivity contribution in [3.63, 3.8) is 0 Å². The van der Waals surface area contributed by atoms with Gasteiger partial charge in [0.05, 0.1) is 0 Å². The molecule has 0 aromatic heterocycles. The van der Waals surface area contributed by atoms with E-state index in [0.29, 0.717) is 24.1 Å². The fourth-order valence-electron chi connectivity index (χ4n) is 1.80. The van der Waals surface area contributed by atoms with E-state index in [4.69, 9.17) is 5.73 Å². The summed E-state index contributed by atoms with van der Waals surface area (Å²) in [5.74, 6) is -0.395.